The molecule has 3 heterocycles. The first-order chi connectivity index (χ1) is 12.7. The molecule has 0 radical (unpaired) electrons. The van der Waals surface area contributed by atoms with Crippen LogP contribution in [0.3, 0.4) is 0 Å². The molecule has 0 aromatic carbocycles. The zero-order valence-electron chi connectivity index (χ0n) is 14.7. The minimum atomic E-state index is -0.648. The van der Waals surface area contributed by atoms with Crippen LogP contribution >= 0.6 is 0 Å². The second kappa shape index (κ2) is 7.11. The number of hydrogen-bond acceptors (Lipinski definition) is 6. The van der Waals surface area contributed by atoms with E-state index in [0.717, 1.165) is 11.5 Å². The maximum absolute atomic E-state index is 10.3. The number of imidazole rings is 1. The Kier molecular flexibility index (Phi) is 4.67. The number of aromatic amines is 1. The highest BCUT2D eigenvalue weighted by atomic mass is 16.5. The average Bonchev–Trinajstić information content (AvgIpc) is 3.41. The molecule has 0 amide bonds. The van der Waals surface area contributed by atoms with E-state index >= 15 is 0 Å². The fourth-order valence-corrected chi connectivity index (χ4v) is 3.65. The van der Waals surface area contributed by atoms with Crippen molar-refractivity contribution in [2.75, 3.05) is 14.2 Å². The Morgan fingerprint density at radius 1 is 1.04 bits per heavy atom. The first-order valence-corrected chi connectivity index (χ1v) is 8.62. The maximum atomic E-state index is 10.3. The van der Waals surface area contributed by atoms with Gasteiger partial charge in [-0.05, 0) is 37.1 Å². The first kappa shape index (κ1) is 17.1. The van der Waals surface area contributed by atoms with Gasteiger partial charge in [0.1, 0.15) is 23.3 Å². The lowest BCUT2D eigenvalue weighted by Gasteiger charge is -2.36. The van der Waals surface area contributed by atoms with Crippen LogP contribution in [0.15, 0.2) is 45.6 Å². The molecule has 7 heteroatoms. The topological polar surface area (TPSA) is 93.7 Å². The third-order valence-electron chi connectivity index (χ3n) is 5.03. The predicted molar refractivity (Wildman–Crippen MR) is 93.6 cm³/mol. The minimum absolute atomic E-state index is 0.0609. The summed E-state index contributed by atoms with van der Waals surface area (Å²) in [5.41, 5.74) is 1.48. The third kappa shape index (κ3) is 2.98. The third-order valence-corrected chi connectivity index (χ3v) is 5.03. The smallest absolute Gasteiger partial charge is 0.154 e. The van der Waals surface area contributed by atoms with Crippen LogP contribution in [-0.4, -0.2) is 47.6 Å². The van der Waals surface area contributed by atoms with Crippen molar-refractivity contribution in [2.24, 2.45) is 0 Å². The van der Waals surface area contributed by atoms with Crippen molar-refractivity contribution in [3.05, 3.63) is 42.6 Å². The van der Waals surface area contributed by atoms with Crippen molar-refractivity contribution in [3.63, 3.8) is 0 Å². The zero-order chi connectivity index (χ0) is 18.1. The van der Waals surface area contributed by atoms with Gasteiger partial charge >= 0.3 is 0 Å². The van der Waals surface area contributed by atoms with Gasteiger partial charge in [0.25, 0.3) is 0 Å². The van der Waals surface area contributed by atoms with Crippen LogP contribution in [0.25, 0.3) is 22.9 Å². The fourth-order valence-electron chi connectivity index (χ4n) is 3.65. The summed E-state index contributed by atoms with van der Waals surface area (Å²) >= 11 is 0. The van der Waals surface area contributed by atoms with E-state index in [2.05, 4.69) is 4.98 Å². The van der Waals surface area contributed by atoms with E-state index in [4.69, 9.17) is 23.3 Å². The average molecular weight is 358 g/mol. The van der Waals surface area contributed by atoms with E-state index in [1.54, 1.807) is 26.7 Å². The minimum Gasteiger partial charge on any atom is -0.463 e. The first-order valence-electron chi connectivity index (χ1n) is 8.62. The molecule has 0 bridgehead atoms. The van der Waals surface area contributed by atoms with Gasteiger partial charge in [0.15, 0.2) is 11.5 Å². The molecule has 3 aromatic heterocycles. The quantitative estimate of drug-likeness (QED) is 0.727. The van der Waals surface area contributed by atoms with E-state index in [-0.39, 0.29) is 18.1 Å². The molecule has 1 fully saturated rings. The zero-order valence-corrected chi connectivity index (χ0v) is 14.7. The number of hydrogen-bond donors (Lipinski definition) is 2. The van der Waals surface area contributed by atoms with Crippen LogP contribution in [0.1, 0.15) is 24.6 Å². The highest BCUT2D eigenvalue weighted by Gasteiger charge is 2.39. The van der Waals surface area contributed by atoms with Crippen molar-refractivity contribution >= 4 is 0 Å². The summed E-state index contributed by atoms with van der Waals surface area (Å²) < 4.78 is 22.0. The molecule has 2 unspecified atom stereocenters. The Morgan fingerprint density at radius 2 is 1.65 bits per heavy atom. The molecule has 0 aliphatic heterocycles. The summed E-state index contributed by atoms with van der Waals surface area (Å²) in [6.45, 7) is 0. The van der Waals surface area contributed by atoms with Crippen LogP contribution in [0.4, 0.5) is 0 Å². The molecule has 7 nitrogen and oxygen atoms in total. The highest BCUT2D eigenvalue weighted by molar-refractivity contribution is 5.73. The second-order valence-electron chi connectivity index (χ2n) is 6.51. The number of methoxy groups -OCH3 is 2. The van der Waals surface area contributed by atoms with Crippen LogP contribution in [0, 0.1) is 0 Å². The van der Waals surface area contributed by atoms with Gasteiger partial charge in [-0.1, -0.05) is 0 Å². The Bertz CT molecular complexity index is 759. The molecule has 138 valence electrons. The van der Waals surface area contributed by atoms with Crippen molar-refractivity contribution in [3.8, 4) is 22.9 Å². The second-order valence-corrected chi connectivity index (χ2v) is 6.51. The van der Waals surface area contributed by atoms with Crippen LogP contribution in [0.2, 0.25) is 0 Å². The standard InChI is InChI=1S/C19H22N2O5/c1-23-14-9-11(10-15(24-2)18(14)22)19-20-16(12-5-3-7-25-12)17(21-19)13-6-4-8-26-13/h3-8,11,14-15,18,22H,9-10H2,1-2H3,(H,20,21). The Morgan fingerprint density at radius 3 is 2.19 bits per heavy atom. The molecular weight excluding hydrogens is 336 g/mol. The van der Waals surface area contributed by atoms with Crippen molar-refractivity contribution in [1.82, 2.24) is 9.97 Å². The molecule has 1 aliphatic carbocycles. The van der Waals surface area contributed by atoms with E-state index < -0.39 is 6.10 Å². The van der Waals surface area contributed by atoms with Crippen molar-refractivity contribution < 1.29 is 23.4 Å². The largest absolute Gasteiger partial charge is 0.463 e. The normalized spacial score (nSPS) is 26.3. The lowest BCUT2D eigenvalue weighted by Crippen LogP contribution is -2.45. The monoisotopic (exact) mass is 358 g/mol. The molecule has 26 heavy (non-hydrogen) atoms. The number of rotatable bonds is 5. The Labute approximate surface area is 150 Å². The molecule has 0 spiro atoms. The summed E-state index contributed by atoms with van der Waals surface area (Å²) in [7, 11) is 3.21. The van der Waals surface area contributed by atoms with E-state index in [0.29, 0.717) is 30.1 Å². The summed E-state index contributed by atoms with van der Waals surface area (Å²) in [6.07, 6.45) is 3.30. The van der Waals surface area contributed by atoms with Crippen molar-refractivity contribution in [1.29, 1.82) is 0 Å². The van der Waals surface area contributed by atoms with Gasteiger partial charge in [0, 0.05) is 20.1 Å². The van der Waals surface area contributed by atoms with E-state index in [9.17, 15) is 5.11 Å². The number of furan rings is 2. The van der Waals surface area contributed by atoms with Gasteiger partial charge in [-0.15, -0.1) is 0 Å². The maximum Gasteiger partial charge on any atom is 0.154 e. The van der Waals surface area contributed by atoms with Crippen LogP contribution in [-0.2, 0) is 9.47 Å². The highest BCUT2D eigenvalue weighted by Crippen LogP contribution is 2.38. The van der Waals surface area contributed by atoms with Gasteiger partial charge in [0.2, 0.25) is 0 Å². The lowest BCUT2D eigenvalue weighted by molar-refractivity contribution is -0.118. The predicted octanol–water partition coefficient (Wildman–Crippen LogP) is 3.20. The molecule has 2 N–H and O–H groups in total. The lowest BCUT2D eigenvalue weighted by atomic mass is 9.82. The molecule has 1 saturated carbocycles. The van der Waals surface area contributed by atoms with Crippen molar-refractivity contribution in [2.45, 2.75) is 37.1 Å². The molecule has 4 rings (SSSR count). The number of ether oxygens (including phenoxy) is 2. The van der Waals surface area contributed by atoms with E-state index in [1.807, 2.05) is 24.3 Å². The number of aliphatic hydroxyl groups excluding tert-OH is 1. The Hall–Kier alpha value is -2.35. The van der Waals surface area contributed by atoms with Crippen LogP contribution < -0.4 is 0 Å². The van der Waals surface area contributed by atoms with Gasteiger partial charge in [-0.2, -0.15) is 0 Å². The molecule has 2 atom stereocenters. The van der Waals surface area contributed by atoms with Gasteiger partial charge in [-0.25, -0.2) is 4.98 Å². The summed E-state index contributed by atoms with van der Waals surface area (Å²) in [4.78, 5) is 8.18. The number of aliphatic hydroxyl groups is 1. The fraction of sp³-hybridized carbons (Fsp3) is 0.421. The number of nitrogens with zero attached hydrogens (tertiary/aromatic N) is 1. The van der Waals surface area contributed by atoms with Gasteiger partial charge in [0.05, 0.1) is 24.7 Å². The summed E-state index contributed by atoms with van der Waals surface area (Å²) in [5.74, 6) is 2.23. The summed E-state index contributed by atoms with van der Waals surface area (Å²) in [5, 5.41) is 10.3. The molecule has 3 aromatic rings. The van der Waals surface area contributed by atoms with Gasteiger partial charge in [-0.3, -0.25) is 0 Å². The Balaban J connectivity index is 1.72. The SMILES string of the molecule is COC1CC(c2nc(-c3ccco3)c(-c3ccco3)[nH]2)CC(OC)C1O. The number of aromatic nitrogens is 2. The molecule has 1 aliphatic rings. The molecule has 0 saturated heterocycles. The number of nitrogens with one attached hydrogen (secondary N) is 1. The molecular formula is C19H22N2O5. The van der Waals surface area contributed by atoms with Gasteiger partial charge < -0.3 is 28.4 Å². The summed E-state index contributed by atoms with van der Waals surface area (Å²) in [6, 6.07) is 7.41. The van der Waals surface area contributed by atoms with Crippen LogP contribution in [0.5, 0.6) is 0 Å². The number of H-pyrrole nitrogens is 1. The van der Waals surface area contributed by atoms with E-state index in [1.165, 1.54) is 0 Å².